The summed E-state index contributed by atoms with van der Waals surface area (Å²) in [5, 5.41) is 5.44. The molecule has 0 bridgehead atoms. The molecule has 2 aromatic rings. The van der Waals surface area contributed by atoms with E-state index in [4.69, 9.17) is 9.47 Å². The first kappa shape index (κ1) is 15.5. The number of esters is 1. The van der Waals surface area contributed by atoms with Crippen LogP contribution in [0.3, 0.4) is 0 Å². The molecule has 6 nitrogen and oxygen atoms in total. The number of halogens is 1. The maximum atomic E-state index is 11.6. The smallest absolute Gasteiger partial charge is 0.337 e. The van der Waals surface area contributed by atoms with Gasteiger partial charge in [0, 0.05) is 25.0 Å². The van der Waals surface area contributed by atoms with Crippen LogP contribution in [-0.4, -0.2) is 60.6 Å². The van der Waals surface area contributed by atoms with Crippen LogP contribution >= 0.6 is 15.9 Å². The van der Waals surface area contributed by atoms with Gasteiger partial charge in [-0.05, 0) is 34.1 Å². The molecule has 1 aliphatic heterocycles. The van der Waals surface area contributed by atoms with Gasteiger partial charge in [-0.15, -0.1) is 0 Å². The van der Waals surface area contributed by atoms with Crippen LogP contribution in [0, 0.1) is 0 Å². The number of aromatic nitrogens is 2. The summed E-state index contributed by atoms with van der Waals surface area (Å²) in [5.74, 6) is -0.338. The van der Waals surface area contributed by atoms with E-state index < -0.39 is 0 Å². The fourth-order valence-electron chi connectivity index (χ4n) is 2.62. The van der Waals surface area contributed by atoms with Gasteiger partial charge in [0.1, 0.15) is 4.60 Å². The molecule has 0 amide bonds. The normalized spacial score (nSPS) is 16.1. The average Bonchev–Trinajstić information content (AvgIpc) is 2.89. The molecule has 0 N–H and O–H groups in total. The number of morpholine rings is 1. The van der Waals surface area contributed by atoms with E-state index in [2.05, 4.69) is 25.9 Å². The van der Waals surface area contributed by atoms with Gasteiger partial charge in [0.25, 0.3) is 0 Å². The van der Waals surface area contributed by atoms with E-state index in [0.717, 1.165) is 54.9 Å². The van der Waals surface area contributed by atoms with Gasteiger partial charge in [0.2, 0.25) is 0 Å². The van der Waals surface area contributed by atoms with Crippen molar-refractivity contribution >= 4 is 32.8 Å². The predicted octanol–water partition coefficient (Wildman–Crippen LogP) is 1.92. The van der Waals surface area contributed by atoms with Crippen molar-refractivity contribution in [3.63, 3.8) is 0 Å². The zero-order valence-corrected chi connectivity index (χ0v) is 14.0. The van der Waals surface area contributed by atoms with E-state index in [0.29, 0.717) is 5.56 Å². The number of ether oxygens (including phenoxy) is 2. The average molecular weight is 368 g/mol. The molecule has 0 radical (unpaired) electrons. The van der Waals surface area contributed by atoms with Crippen molar-refractivity contribution in [2.24, 2.45) is 0 Å². The van der Waals surface area contributed by atoms with Crippen molar-refractivity contribution < 1.29 is 14.3 Å². The number of hydrogen-bond donors (Lipinski definition) is 0. The van der Waals surface area contributed by atoms with Crippen molar-refractivity contribution in [3.8, 4) is 0 Å². The molecule has 0 unspecified atom stereocenters. The van der Waals surface area contributed by atoms with Crippen LogP contribution in [0.15, 0.2) is 22.8 Å². The first-order chi connectivity index (χ1) is 10.7. The highest BCUT2D eigenvalue weighted by Gasteiger charge is 2.14. The number of carbonyl (C=O) groups excluding carboxylic acids is 1. The first-order valence-electron chi connectivity index (χ1n) is 7.23. The second kappa shape index (κ2) is 6.76. The molecule has 0 aliphatic carbocycles. The molecule has 0 spiro atoms. The van der Waals surface area contributed by atoms with Crippen LogP contribution in [0.4, 0.5) is 0 Å². The molecule has 1 aromatic heterocycles. The minimum Gasteiger partial charge on any atom is -0.465 e. The number of carbonyl (C=O) groups is 1. The summed E-state index contributed by atoms with van der Waals surface area (Å²) in [7, 11) is 1.38. The Morgan fingerprint density at radius 3 is 2.86 bits per heavy atom. The van der Waals surface area contributed by atoms with Crippen LogP contribution in [0.25, 0.3) is 10.9 Å². The minimum atomic E-state index is -0.338. The zero-order chi connectivity index (χ0) is 15.5. The third-order valence-electron chi connectivity index (χ3n) is 3.86. The van der Waals surface area contributed by atoms with Gasteiger partial charge in [-0.25, -0.2) is 4.79 Å². The van der Waals surface area contributed by atoms with Crippen molar-refractivity contribution in [2.75, 3.05) is 40.0 Å². The third kappa shape index (κ3) is 3.16. The number of methoxy groups -OCH3 is 1. The van der Waals surface area contributed by atoms with Gasteiger partial charge in [-0.1, -0.05) is 0 Å². The lowest BCUT2D eigenvalue weighted by Crippen LogP contribution is -2.38. The second-order valence-electron chi connectivity index (χ2n) is 5.19. The Hall–Kier alpha value is -1.44. The van der Waals surface area contributed by atoms with Crippen molar-refractivity contribution in [3.05, 3.63) is 28.4 Å². The SMILES string of the molecule is COC(=O)c1ccc2c(c1)c(Br)nn2CCN1CCOCC1. The minimum absolute atomic E-state index is 0.338. The monoisotopic (exact) mass is 367 g/mol. The number of nitrogens with zero attached hydrogens (tertiary/aromatic N) is 3. The maximum Gasteiger partial charge on any atom is 0.337 e. The lowest BCUT2D eigenvalue weighted by atomic mass is 10.1. The van der Waals surface area contributed by atoms with Crippen LogP contribution in [0.5, 0.6) is 0 Å². The highest BCUT2D eigenvalue weighted by molar-refractivity contribution is 9.10. The van der Waals surface area contributed by atoms with Gasteiger partial charge in [-0.3, -0.25) is 9.58 Å². The lowest BCUT2D eigenvalue weighted by molar-refractivity contribution is 0.0361. The van der Waals surface area contributed by atoms with Gasteiger partial charge in [0.05, 0.1) is 37.9 Å². The summed E-state index contributed by atoms with van der Waals surface area (Å²) < 4.78 is 12.8. The molecule has 22 heavy (non-hydrogen) atoms. The molecule has 0 saturated carbocycles. The first-order valence-corrected chi connectivity index (χ1v) is 8.03. The summed E-state index contributed by atoms with van der Waals surface area (Å²) in [6, 6.07) is 5.50. The van der Waals surface area contributed by atoms with E-state index in [1.807, 2.05) is 16.8 Å². The fraction of sp³-hybridized carbons (Fsp3) is 0.467. The van der Waals surface area contributed by atoms with Gasteiger partial charge in [-0.2, -0.15) is 5.10 Å². The molecule has 1 aromatic carbocycles. The highest BCUT2D eigenvalue weighted by atomic mass is 79.9. The van der Waals surface area contributed by atoms with Crippen LogP contribution in [-0.2, 0) is 16.0 Å². The molecule has 1 aliphatic rings. The molecular weight excluding hydrogens is 350 g/mol. The zero-order valence-electron chi connectivity index (χ0n) is 12.4. The summed E-state index contributed by atoms with van der Waals surface area (Å²) in [6.45, 7) is 5.27. The Morgan fingerprint density at radius 1 is 1.36 bits per heavy atom. The van der Waals surface area contributed by atoms with Crippen molar-refractivity contribution in [2.45, 2.75) is 6.54 Å². The second-order valence-corrected chi connectivity index (χ2v) is 5.94. The molecule has 7 heteroatoms. The van der Waals surface area contributed by atoms with Crippen LogP contribution in [0.2, 0.25) is 0 Å². The molecular formula is C15H18BrN3O3. The lowest BCUT2D eigenvalue weighted by Gasteiger charge is -2.26. The van der Waals surface area contributed by atoms with E-state index in [9.17, 15) is 4.79 Å². The van der Waals surface area contributed by atoms with Gasteiger partial charge < -0.3 is 9.47 Å². The van der Waals surface area contributed by atoms with Gasteiger partial charge >= 0.3 is 5.97 Å². The summed E-state index contributed by atoms with van der Waals surface area (Å²) in [4.78, 5) is 14.0. The van der Waals surface area contributed by atoms with E-state index in [1.54, 1.807) is 6.07 Å². The summed E-state index contributed by atoms with van der Waals surface area (Å²) >= 11 is 3.47. The Balaban J connectivity index is 1.80. The van der Waals surface area contributed by atoms with E-state index in [1.165, 1.54) is 7.11 Å². The largest absolute Gasteiger partial charge is 0.465 e. The number of benzene rings is 1. The van der Waals surface area contributed by atoms with E-state index in [-0.39, 0.29) is 5.97 Å². The van der Waals surface area contributed by atoms with Gasteiger partial charge in [0.15, 0.2) is 0 Å². The quantitative estimate of drug-likeness (QED) is 0.772. The number of fused-ring (bicyclic) bond motifs is 1. The van der Waals surface area contributed by atoms with Crippen LogP contribution in [0.1, 0.15) is 10.4 Å². The molecule has 1 saturated heterocycles. The Bertz CT molecular complexity index is 680. The van der Waals surface area contributed by atoms with E-state index >= 15 is 0 Å². The summed E-state index contributed by atoms with van der Waals surface area (Å²) in [5.41, 5.74) is 1.54. The number of rotatable bonds is 4. The fourth-order valence-corrected chi connectivity index (χ4v) is 3.13. The highest BCUT2D eigenvalue weighted by Crippen LogP contribution is 2.25. The molecule has 1 fully saturated rings. The molecule has 3 rings (SSSR count). The molecule has 0 atom stereocenters. The molecule has 2 heterocycles. The summed E-state index contributed by atoms with van der Waals surface area (Å²) in [6.07, 6.45) is 0. The molecule has 118 valence electrons. The third-order valence-corrected chi connectivity index (χ3v) is 4.44. The predicted molar refractivity (Wildman–Crippen MR) is 86.0 cm³/mol. The maximum absolute atomic E-state index is 11.6. The topological polar surface area (TPSA) is 56.6 Å². The Labute approximate surface area is 137 Å². The Kier molecular flexibility index (Phi) is 4.75. The van der Waals surface area contributed by atoms with Crippen molar-refractivity contribution in [1.82, 2.24) is 14.7 Å². The van der Waals surface area contributed by atoms with Crippen LogP contribution < -0.4 is 0 Å². The number of hydrogen-bond acceptors (Lipinski definition) is 5. The standard InChI is InChI=1S/C15H18BrN3O3/c1-21-15(20)11-2-3-13-12(10-11)14(16)17-19(13)5-4-18-6-8-22-9-7-18/h2-3,10H,4-9H2,1H3. The Morgan fingerprint density at radius 2 is 2.14 bits per heavy atom. The van der Waals surface area contributed by atoms with Crippen molar-refractivity contribution in [1.29, 1.82) is 0 Å².